The van der Waals surface area contributed by atoms with E-state index in [0.29, 0.717) is 30.0 Å². The predicted octanol–water partition coefficient (Wildman–Crippen LogP) is 4.13. The molecule has 1 saturated heterocycles. The summed E-state index contributed by atoms with van der Waals surface area (Å²) in [5.74, 6) is -0.206. The van der Waals surface area contributed by atoms with E-state index in [2.05, 4.69) is 0 Å². The molecule has 1 aromatic carbocycles. The number of carbonyl (C=O) groups excluding carboxylic acids is 3. The molecule has 0 unspecified atom stereocenters. The van der Waals surface area contributed by atoms with Gasteiger partial charge in [-0.25, -0.2) is 9.69 Å². The van der Waals surface area contributed by atoms with Crippen molar-refractivity contribution in [2.45, 2.75) is 64.0 Å². The molecule has 5 rings (SSSR count). The molecule has 168 valence electrons. The molecule has 1 aromatic heterocycles. The number of amides is 3. The molecule has 8 heteroatoms. The summed E-state index contributed by atoms with van der Waals surface area (Å²) >= 11 is 0. The van der Waals surface area contributed by atoms with Crippen LogP contribution in [0, 0.1) is 0 Å². The highest BCUT2D eigenvalue weighted by Crippen LogP contribution is 2.38. The van der Waals surface area contributed by atoms with E-state index in [4.69, 9.17) is 9.84 Å². The quantitative estimate of drug-likeness (QED) is 0.676. The fraction of sp³-hybridized carbons (Fsp3) is 0.500. The number of fused-ring (bicyclic) bond motifs is 1. The van der Waals surface area contributed by atoms with Crippen LogP contribution < -0.4 is 4.90 Å². The van der Waals surface area contributed by atoms with Gasteiger partial charge in [-0.15, -0.1) is 0 Å². The molecule has 0 atom stereocenters. The molecule has 2 aliphatic heterocycles. The van der Waals surface area contributed by atoms with E-state index in [9.17, 15) is 14.4 Å². The van der Waals surface area contributed by atoms with E-state index in [1.807, 2.05) is 31.5 Å². The summed E-state index contributed by atoms with van der Waals surface area (Å²) in [5, 5.41) is 4.76. The predicted molar refractivity (Wildman–Crippen MR) is 118 cm³/mol. The Labute approximate surface area is 187 Å². The van der Waals surface area contributed by atoms with Crippen molar-refractivity contribution >= 4 is 23.7 Å². The van der Waals surface area contributed by atoms with Gasteiger partial charge >= 0.3 is 6.09 Å². The molecule has 0 bridgehead atoms. The average molecular weight is 437 g/mol. The Morgan fingerprint density at radius 2 is 1.62 bits per heavy atom. The summed E-state index contributed by atoms with van der Waals surface area (Å²) in [5.41, 5.74) is 1.26. The van der Waals surface area contributed by atoms with Crippen LogP contribution in [0.2, 0.25) is 0 Å². The average Bonchev–Trinajstić information content (AvgIpc) is 3.39. The number of ether oxygens (including phenoxy) is 1. The first-order chi connectivity index (χ1) is 15.2. The minimum absolute atomic E-state index is 0.0968. The normalized spacial score (nSPS) is 19.5. The number of hydrogen-bond acceptors (Lipinski definition) is 5. The molecular formula is C24H28N4O4. The van der Waals surface area contributed by atoms with E-state index >= 15 is 0 Å². The maximum atomic E-state index is 13.0. The van der Waals surface area contributed by atoms with Crippen LogP contribution in [0.3, 0.4) is 0 Å². The molecular weight excluding hydrogens is 408 g/mol. The highest BCUT2D eigenvalue weighted by Gasteiger charge is 2.41. The molecule has 32 heavy (non-hydrogen) atoms. The molecule has 2 fully saturated rings. The number of anilines is 1. The summed E-state index contributed by atoms with van der Waals surface area (Å²) in [6.07, 6.45) is 4.01. The second-order valence-electron chi connectivity index (χ2n) is 9.88. The van der Waals surface area contributed by atoms with Crippen LogP contribution >= 0.6 is 0 Å². The number of aromatic nitrogens is 2. The number of hydrogen-bond donors (Lipinski definition) is 0. The topological polar surface area (TPSA) is 84.7 Å². The van der Waals surface area contributed by atoms with Crippen molar-refractivity contribution in [1.82, 2.24) is 14.7 Å². The maximum Gasteiger partial charge on any atom is 0.410 e. The fourth-order valence-corrected chi connectivity index (χ4v) is 4.79. The van der Waals surface area contributed by atoms with Gasteiger partial charge in [0.25, 0.3) is 11.8 Å². The van der Waals surface area contributed by atoms with Gasteiger partial charge < -0.3 is 9.64 Å². The van der Waals surface area contributed by atoms with Crippen LogP contribution in [0.15, 0.2) is 30.3 Å². The molecule has 8 nitrogen and oxygen atoms in total. The first kappa shape index (κ1) is 20.7. The highest BCUT2D eigenvalue weighted by molar-refractivity contribution is 6.34. The van der Waals surface area contributed by atoms with Gasteiger partial charge in [-0.2, -0.15) is 5.10 Å². The Morgan fingerprint density at radius 3 is 2.19 bits per heavy atom. The minimum atomic E-state index is -0.535. The lowest BCUT2D eigenvalue weighted by atomic mass is 9.96. The van der Waals surface area contributed by atoms with Gasteiger partial charge in [0.1, 0.15) is 5.60 Å². The number of likely N-dealkylation sites (tertiary alicyclic amines) is 1. The second-order valence-corrected chi connectivity index (χ2v) is 9.88. The maximum absolute atomic E-state index is 13.0. The van der Waals surface area contributed by atoms with E-state index < -0.39 is 5.60 Å². The summed E-state index contributed by atoms with van der Waals surface area (Å²) < 4.78 is 7.48. The second kappa shape index (κ2) is 7.46. The van der Waals surface area contributed by atoms with Crippen LogP contribution in [0.1, 0.15) is 84.8 Å². The van der Waals surface area contributed by atoms with Crippen LogP contribution in [0.5, 0.6) is 0 Å². The Hall–Kier alpha value is -3.16. The third kappa shape index (κ3) is 3.47. The van der Waals surface area contributed by atoms with Gasteiger partial charge in [0.2, 0.25) is 0 Å². The third-order valence-corrected chi connectivity index (χ3v) is 6.40. The van der Waals surface area contributed by atoms with Crippen LogP contribution in [-0.2, 0) is 4.74 Å². The summed E-state index contributed by atoms with van der Waals surface area (Å²) in [7, 11) is 0. The molecule has 0 N–H and O–H groups in total. The minimum Gasteiger partial charge on any atom is -0.444 e. The Balaban J connectivity index is 1.41. The fourth-order valence-electron chi connectivity index (χ4n) is 4.79. The van der Waals surface area contributed by atoms with Crippen molar-refractivity contribution in [1.29, 1.82) is 0 Å². The zero-order valence-corrected chi connectivity index (χ0v) is 18.7. The number of rotatable bonds is 3. The number of benzene rings is 1. The highest BCUT2D eigenvalue weighted by atomic mass is 16.6. The molecule has 3 heterocycles. The van der Waals surface area contributed by atoms with Gasteiger partial charge in [-0.1, -0.05) is 25.0 Å². The lowest BCUT2D eigenvalue weighted by molar-refractivity contribution is 0.00736. The Morgan fingerprint density at radius 1 is 1.03 bits per heavy atom. The van der Waals surface area contributed by atoms with Crippen molar-refractivity contribution in [2.24, 2.45) is 0 Å². The van der Waals surface area contributed by atoms with Crippen molar-refractivity contribution in [3.8, 4) is 0 Å². The SMILES string of the molecule is CC(C)(C)OC(=O)N1CC(c2cc(N3C(=O)c4ccccc4C3=O)nn2C2CCCC2)C1. The zero-order chi connectivity index (χ0) is 22.6. The third-order valence-electron chi connectivity index (χ3n) is 6.40. The smallest absolute Gasteiger partial charge is 0.410 e. The van der Waals surface area contributed by atoms with E-state index in [-0.39, 0.29) is 29.9 Å². The summed E-state index contributed by atoms with van der Waals surface area (Å²) in [6, 6.07) is 8.98. The van der Waals surface area contributed by atoms with Crippen LogP contribution in [-0.4, -0.2) is 51.3 Å². The monoisotopic (exact) mass is 436 g/mol. The van der Waals surface area contributed by atoms with Crippen molar-refractivity contribution in [2.75, 3.05) is 18.0 Å². The van der Waals surface area contributed by atoms with Crippen LogP contribution in [0.4, 0.5) is 10.6 Å². The summed E-state index contributed by atoms with van der Waals surface area (Å²) in [6.45, 7) is 6.63. The molecule has 1 aliphatic carbocycles. The van der Waals surface area contributed by atoms with Crippen molar-refractivity contribution in [3.63, 3.8) is 0 Å². The van der Waals surface area contributed by atoms with Crippen molar-refractivity contribution in [3.05, 3.63) is 47.2 Å². The van der Waals surface area contributed by atoms with Gasteiger partial charge in [0.15, 0.2) is 5.82 Å². The van der Waals surface area contributed by atoms with Crippen molar-refractivity contribution < 1.29 is 19.1 Å². The standard InChI is InChI=1S/C24H28N4O4/c1-24(2,3)32-23(31)26-13-15(14-26)19-12-20(25-28(19)16-8-4-5-9-16)27-21(29)17-10-6-7-11-18(17)22(27)30/h6-7,10-12,15-16H,4-5,8-9,13-14H2,1-3H3. The number of carbonyl (C=O) groups is 3. The number of imide groups is 1. The summed E-state index contributed by atoms with van der Waals surface area (Å²) in [4.78, 5) is 41.2. The largest absolute Gasteiger partial charge is 0.444 e. The van der Waals surface area contributed by atoms with Crippen LogP contribution in [0.25, 0.3) is 0 Å². The Bertz CT molecular complexity index is 1050. The Kier molecular flexibility index (Phi) is 4.83. The first-order valence-electron chi connectivity index (χ1n) is 11.3. The number of nitrogens with zero attached hydrogens (tertiary/aromatic N) is 4. The lowest BCUT2D eigenvalue weighted by Crippen LogP contribution is -2.50. The van der Waals surface area contributed by atoms with E-state index in [1.165, 1.54) is 4.90 Å². The molecule has 2 aromatic rings. The first-order valence-corrected chi connectivity index (χ1v) is 11.3. The lowest BCUT2D eigenvalue weighted by Gasteiger charge is -2.40. The molecule has 0 spiro atoms. The molecule has 3 amide bonds. The van der Waals surface area contributed by atoms with Gasteiger partial charge in [0, 0.05) is 30.8 Å². The van der Waals surface area contributed by atoms with Gasteiger partial charge in [-0.05, 0) is 45.7 Å². The van der Waals surface area contributed by atoms with E-state index in [0.717, 1.165) is 31.4 Å². The molecule has 0 radical (unpaired) electrons. The zero-order valence-electron chi connectivity index (χ0n) is 18.7. The van der Waals surface area contributed by atoms with Gasteiger partial charge in [-0.3, -0.25) is 14.3 Å². The van der Waals surface area contributed by atoms with Gasteiger partial charge in [0.05, 0.1) is 17.2 Å². The molecule has 1 saturated carbocycles. The van der Waals surface area contributed by atoms with E-state index in [1.54, 1.807) is 29.2 Å². The molecule has 3 aliphatic rings.